The summed E-state index contributed by atoms with van der Waals surface area (Å²) < 4.78 is 0. The first kappa shape index (κ1) is 14.8. The van der Waals surface area contributed by atoms with Gasteiger partial charge in [-0.05, 0) is 41.6 Å². The van der Waals surface area contributed by atoms with E-state index in [1.54, 1.807) is 23.5 Å². The standard InChI is InChI=1S/C16H14N2O2S/c17-11-13(10-12-3-5-14(19)6-4-12)16(20)18-8-7-15-2-1-9-21-15/h1-6,9-10,19H,7-8H2,(H,18,20)/b13-10+. The molecule has 4 nitrogen and oxygen atoms in total. The molecule has 2 rings (SSSR count). The van der Waals surface area contributed by atoms with E-state index in [2.05, 4.69) is 5.32 Å². The van der Waals surface area contributed by atoms with E-state index in [1.165, 1.54) is 23.1 Å². The Morgan fingerprint density at radius 1 is 1.33 bits per heavy atom. The van der Waals surface area contributed by atoms with E-state index in [0.29, 0.717) is 12.1 Å². The van der Waals surface area contributed by atoms with E-state index in [9.17, 15) is 9.90 Å². The van der Waals surface area contributed by atoms with Gasteiger partial charge in [0.25, 0.3) is 5.91 Å². The zero-order chi connectivity index (χ0) is 15.1. The molecule has 0 aliphatic carbocycles. The van der Waals surface area contributed by atoms with Crippen molar-refractivity contribution in [2.75, 3.05) is 6.54 Å². The monoisotopic (exact) mass is 298 g/mol. The molecule has 0 bridgehead atoms. The minimum Gasteiger partial charge on any atom is -0.508 e. The first-order valence-electron chi connectivity index (χ1n) is 6.40. The van der Waals surface area contributed by atoms with Crippen LogP contribution in [-0.2, 0) is 11.2 Å². The molecule has 5 heteroatoms. The van der Waals surface area contributed by atoms with Crippen LogP contribution in [0.4, 0.5) is 0 Å². The molecular weight excluding hydrogens is 284 g/mol. The molecule has 0 aliphatic heterocycles. The summed E-state index contributed by atoms with van der Waals surface area (Å²) in [7, 11) is 0. The second-order valence-corrected chi connectivity index (χ2v) is 5.38. The highest BCUT2D eigenvalue weighted by Crippen LogP contribution is 2.13. The fraction of sp³-hybridized carbons (Fsp3) is 0.125. The Kier molecular flexibility index (Phi) is 5.13. The summed E-state index contributed by atoms with van der Waals surface area (Å²) in [5.74, 6) is -0.242. The molecule has 0 aliphatic rings. The molecule has 0 spiro atoms. The minimum absolute atomic E-state index is 0.0480. The largest absolute Gasteiger partial charge is 0.508 e. The molecule has 0 atom stereocenters. The number of thiophene rings is 1. The maximum atomic E-state index is 11.9. The summed E-state index contributed by atoms with van der Waals surface area (Å²) >= 11 is 1.64. The number of nitriles is 1. The lowest BCUT2D eigenvalue weighted by molar-refractivity contribution is -0.117. The SMILES string of the molecule is N#C/C(=C\c1ccc(O)cc1)C(=O)NCCc1cccs1. The van der Waals surface area contributed by atoms with Crippen molar-refractivity contribution in [3.05, 3.63) is 57.8 Å². The quantitative estimate of drug-likeness (QED) is 0.658. The van der Waals surface area contributed by atoms with E-state index in [-0.39, 0.29) is 17.2 Å². The molecule has 1 amide bonds. The van der Waals surface area contributed by atoms with Gasteiger partial charge in [0.05, 0.1) is 0 Å². The van der Waals surface area contributed by atoms with Gasteiger partial charge in [0, 0.05) is 11.4 Å². The number of amides is 1. The molecule has 0 radical (unpaired) electrons. The number of phenols is 1. The Balaban J connectivity index is 1.95. The smallest absolute Gasteiger partial charge is 0.261 e. The topological polar surface area (TPSA) is 73.1 Å². The molecular formula is C16H14N2O2S. The highest BCUT2D eigenvalue weighted by Gasteiger charge is 2.08. The number of aromatic hydroxyl groups is 1. The van der Waals surface area contributed by atoms with Gasteiger partial charge in [-0.25, -0.2) is 0 Å². The Hall–Kier alpha value is -2.58. The molecule has 0 unspecified atom stereocenters. The maximum absolute atomic E-state index is 11.9. The predicted molar refractivity (Wildman–Crippen MR) is 82.7 cm³/mol. The number of carbonyl (C=O) groups is 1. The van der Waals surface area contributed by atoms with Crippen molar-refractivity contribution in [2.24, 2.45) is 0 Å². The molecule has 1 aromatic carbocycles. The van der Waals surface area contributed by atoms with Gasteiger partial charge in [-0.1, -0.05) is 18.2 Å². The number of nitrogens with one attached hydrogen (secondary N) is 1. The zero-order valence-corrected chi connectivity index (χ0v) is 12.1. The number of hydrogen-bond acceptors (Lipinski definition) is 4. The van der Waals surface area contributed by atoms with Gasteiger partial charge in [0.15, 0.2) is 0 Å². The zero-order valence-electron chi connectivity index (χ0n) is 11.2. The van der Waals surface area contributed by atoms with E-state index < -0.39 is 0 Å². The highest BCUT2D eigenvalue weighted by molar-refractivity contribution is 7.09. The first-order chi connectivity index (χ1) is 10.2. The summed E-state index contributed by atoms with van der Waals surface area (Å²) in [4.78, 5) is 13.1. The van der Waals surface area contributed by atoms with Crippen LogP contribution in [0.1, 0.15) is 10.4 Å². The lowest BCUT2D eigenvalue weighted by atomic mass is 10.1. The number of rotatable bonds is 5. The molecule has 2 aromatic rings. The van der Waals surface area contributed by atoms with Crippen LogP contribution in [0.15, 0.2) is 47.4 Å². The van der Waals surface area contributed by atoms with E-state index in [4.69, 9.17) is 5.26 Å². The number of nitrogens with zero attached hydrogens (tertiary/aromatic N) is 1. The van der Waals surface area contributed by atoms with Crippen LogP contribution < -0.4 is 5.32 Å². The van der Waals surface area contributed by atoms with Crippen LogP contribution in [0.2, 0.25) is 0 Å². The lowest BCUT2D eigenvalue weighted by Gasteiger charge is -2.03. The summed E-state index contributed by atoms with van der Waals surface area (Å²) in [6.45, 7) is 0.494. The Morgan fingerprint density at radius 2 is 2.10 bits per heavy atom. The normalized spacial score (nSPS) is 10.9. The van der Waals surface area contributed by atoms with Gasteiger partial charge >= 0.3 is 0 Å². The third kappa shape index (κ3) is 4.48. The van der Waals surface area contributed by atoms with Gasteiger partial charge in [-0.3, -0.25) is 4.79 Å². The lowest BCUT2D eigenvalue weighted by Crippen LogP contribution is -2.26. The van der Waals surface area contributed by atoms with Crippen molar-refractivity contribution in [3.8, 4) is 11.8 Å². The maximum Gasteiger partial charge on any atom is 0.261 e. The van der Waals surface area contributed by atoms with Crippen LogP contribution >= 0.6 is 11.3 Å². The second kappa shape index (κ2) is 7.27. The minimum atomic E-state index is -0.387. The number of hydrogen-bond donors (Lipinski definition) is 2. The fourth-order valence-electron chi connectivity index (χ4n) is 1.74. The van der Waals surface area contributed by atoms with Crippen LogP contribution in [0, 0.1) is 11.3 Å². The van der Waals surface area contributed by atoms with Crippen molar-refractivity contribution in [1.82, 2.24) is 5.32 Å². The van der Waals surface area contributed by atoms with Crippen LogP contribution in [-0.4, -0.2) is 17.6 Å². The van der Waals surface area contributed by atoms with Crippen molar-refractivity contribution in [2.45, 2.75) is 6.42 Å². The molecule has 1 heterocycles. The predicted octanol–water partition coefficient (Wildman–Crippen LogP) is 2.72. The number of carbonyl (C=O) groups excluding carboxylic acids is 1. The van der Waals surface area contributed by atoms with Crippen molar-refractivity contribution in [1.29, 1.82) is 5.26 Å². The van der Waals surface area contributed by atoms with E-state index >= 15 is 0 Å². The van der Waals surface area contributed by atoms with Crippen molar-refractivity contribution < 1.29 is 9.90 Å². The average molecular weight is 298 g/mol. The average Bonchev–Trinajstić information content (AvgIpc) is 3.00. The first-order valence-corrected chi connectivity index (χ1v) is 7.28. The molecule has 0 saturated carbocycles. The van der Waals surface area contributed by atoms with Gasteiger partial charge in [-0.2, -0.15) is 5.26 Å². The van der Waals surface area contributed by atoms with E-state index in [0.717, 1.165) is 6.42 Å². The third-order valence-corrected chi connectivity index (χ3v) is 3.74. The molecule has 0 saturated heterocycles. The van der Waals surface area contributed by atoms with Crippen LogP contribution in [0.3, 0.4) is 0 Å². The molecule has 0 fully saturated rings. The van der Waals surface area contributed by atoms with Gasteiger partial charge < -0.3 is 10.4 Å². The van der Waals surface area contributed by atoms with Gasteiger partial charge in [-0.15, -0.1) is 11.3 Å². The van der Waals surface area contributed by atoms with E-state index in [1.807, 2.05) is 23.6 Å². The van der Waals surface area contributed by atoms with Gasteiger partial charge in [0.2, 0.25) is 0 Å². The second-order valence-electron chi connectivity index (χ2n) is 4.35. The number of phenolic OH excluding ortho intramolecular Hbond substituents is 1. The summed E-state index contributed by atoms with van der Waals surface area (Å²) in [5.41, 5.74) is 0.740. The molecule has 106 valence electrons. The summed E-state index contributed by atoms with van der Waals surface area (Å²) in [5, 5.41) is 23.0. The van der Waals surface area contributed by atoms with Crippen LogP contribution in [0.25, 0.3) is 6.08 Å². The van der Waals surface area contributed by atoms with Crippen molar-refractivity contribution in [3.63, 3.8) is 0 Å². The molecule has 1 aromatic heterocycles. The molecule has 2 N–H and O–H groups in total. The Labute approximate surface area is 127 Å². The Morgan fingerprint density at radius 3 is 2.71 bits per heavy atom. The third-order valence-electron chi connectivity index (χ3n) is 2.81. The summed E-state index contributed by atoms with van der Waals surface area (Å²) in [6.07, 6.45) is 2.25. The van der Waals surface area contributed by atoms with Crippen molar-refractivity contribution >= 4 is 23.3 Å². The number of benzene rings is 1. The molecule has 21 heavy (non-hydrogen) atoms. The van der Waals surface area contributed by atoms with Crippen LogP contribution in [0.5, 0.6) is 5.75 Å². The fourth-order valence-corrected chi connectivity index (χ4v) is 2.44. The summed E-state index contributed by atoms with van der Waals surface area (Å²) in [6, 6.07) is 12.2. The Bertz CT molecular complexity index is 667. The highest BCUT2D eigenvalue weighted by atomic mass is 32.1. The van der Waals surface area contributed by atoms with Gasteiger partial charge in [0.1, 0.15) is 17.4 Å².